The molecule has 1 aromatic carbocycles. The minimum absolute atomic E-state index is 0.0595. The summed E-state index contributed by atoms with van der Waals surface area (Å²) in [7, 11) is 1.61. The SMILES string of the molecule is CNC(=O)Cn1c(=O)n(C2CCN(C3CCC(C(C)C)CC3)CC2)c2ccccc21. The average molecular weight is 413 g/mol. The van der Waals surface area contributed by atoms with Crippen LogP contribution in [0.1, 0.15) is 58.4 Å². The number of likely N-dealkylation sites (N-methyl/N-ethyl adjacent to an activating group) is 1. The Bertz CT molecular complexity index is 928. The van der Waals surface area contributed by atoms with Crippen LogP contribution in [-0.2, 0) is 11.3 Å². The number of nitrogens with zero attached hydrogens (tertiary/aromatic N) is 3. The van der Waals surface area contributed by atoms with E-state index in [9.17, 15) is 9.59 Å². The molecule has 1 aliphatic heterocycles. The highest BCUT2D eigenvalue weighted by Crippen LogP contribution is 2.34. The molecular formula is C24H36N4O2. The molecule has 2 aromatic rings. The lowest BCUT2D eigenvalue weighted by Gasteiger charge is -2.41. The number of amides is 1. The molecule has 1 N–H and O–H groups in total. The Hall–Kier alpha value is -2.08. The molecule has 30 heavy (non-hydrogen) atoms. The molecule has 2 heterocycles. The van der Waals surface area contributed by atoms with Crippen LogP contribution in [0.3, 0.4) is 0 Å². The molecule has 1 saturated carbocycles. The van der Waals surface area contributed by atoms with E-state index < -0.39 is 0 Å². The first-order chi connectivity index (χ1) is 14.5. The second kappa shape index (κ2) is 8.96. The van der Waals surface area contributed by atoms with E-state index in [0.29, 0.717) is 6.04 Å². The van der Waals surface area contributed by atoms with Crippen LogP contribution in [0.5, 0.6) is 0 Å². The molecule has 1 saturated heterocycles. The van der Waals surface area contributed by atoms with Gasteiger partial charge in [0.2, 0.25) is 5.91 Å². The summed E-state index contributed by atoms with van der Waals surface area (Å²) in [5.41, 5.74) is 1.73. The molecule has 0 bridgehead atoms. The Morgan fingerprint density at radius 1 is 1.00 bits per heavy atom. The lowest BCUT2D eigenvalue weighted by molar-refractivity contribution is -0.121. The average Bonchev–Trinajstić information content (AvgIpc) is 3.05. The molecule has 164 valence electrons. The summed E-state index contributed by atoms with van der Waals surface area (Å²) < 4.78 is 3.57. The first-order valence-electron chi connectivity index (χ1n) is 11.6. The lowest BCUT2D eigenvalue weighted by atomic mass is 9.79. The van der Waals surface area contributed by atoms with Gasteiger partial charge in [0.15, 0.2) is 0 Å². The number of benzene rings is 1. The van der Waals surface area contributed by atoms with Gasteiger partial charge in [0.1, 0.15) is 6.54 Å². The lowest BCUT2D eigenvalue weighted by Crippen LogP contribution is -2.45. The number of likely N-dealkylation sites (tertiary alicyclic amines) is 1. The first-order valence-corrected chi connectivity index (χ1v) is 11.6. The van der Waals surface area contributed by atoms with Crippen molar-refractivity contribution in [2.24, 2.45) is 11.8 Å². The maximum Gasteiger partial charge on any atom is 0.329 e. The number of carbonyl (C=O) groups is 1. The number of hydrogen-bond donors (Lipinski definition) is 1. The molecule has 6 nitrogen and oxygen atoms in total. The molecule has 0 atom stereocenters. The Morgan fingerprint density at radius 3 is 2.23 bits per heavy atom. The summed E-state index contributed by atoms with van der Waals surface area (Å²) in [5.74, 6) is 1.55. The zero-order valence-corrected chi connectivity index (χ0v) is 18.6. The third kappa shape index (κ3) is 4.07. The molecular weight excluding hydrogens is 376 g/mol. The van der Waals surface area contributed by atoms with Crippen LogP contribution < -0.4 is 11.0 Å². The van der Waals surface area contributed by atoms with Gasteiger partial charge in [0.25, 0.3) is 0 Å². The van der Waals surface area contributed by atoms with Crippen LogP contribution in [0.4, 0.5) is 0 Å². The molecule has 0 radical (unpaired) electrons. The standard InChI is InChI=1S/C24H36N4O2/c1-17(2)18-8-10-19(11-9-18)26-14-12-20(13-15-26)28-22-7-5-4-6-21(22)27(24(28)30)16-23(29)25-3/h4-7,17-20H,8-16H2,1-3H3,(H,25,29). The summed E-state index contributed by atoms with van der Waals surface area (Å²) >= 11 is 0. The fourth-order valence-electron chi connectivity index (χ4n) is 5.60. The third-order valence-electron chi connectivity index (χ3n) is 7.51. The van der Waals surface area contributed by atoms with Crippen molar-refractivity contribution in [1.82, 2.24) is 19.4 Å². The van der Waals surface area contributed by atoms with Crippen LogP contribution in [0.15, 0.2) is 29.1 Å². The van der Waals surface area contributed by atoms with E-state index in [1.807, 2.05) is 28.8 Å². The van der Waals surface area contributed by atoms with Crippen molar-refractivity contribution in [3.05, 3.63) is 34.7 Å². The second-order valence-electron chi connectivity index (χ2n) is 9.48. The van der Waals surface area contributed by atoms with Crippen LogP contribution in [0.25, 0.3) is 11.0 Å². The van der Waals surface area contributed by atoms with Crippen molar-refractivity contribution in [2.45, 2.75) is 71.0 Å². The van der Waals surface area contributed by atoms with Crippen LogP contribution in [0.2, 0.25) is 0 Å². The molecule has 4 rings (SSSR count). The number of carbonyl (C=O) groups excluding carboxylic acids is 1. The highest BCUT2D eigenvalue weighted by Gasteiger charge is 2.31. The summed E-state index contributed by atoms with van der Waals surface area (Å²) in [4.78, 5) is 27.9. The summed E-state index contributed by atoms with van der Waals surface area (Å²) in [5, 5.41) is 2.63. The molecule has 2 fully saturated rings. The maximum atomic E-state index is 13.3. The van der Waals surface area contributed by atoms with Crippen LogP contribution >= 0.6 is 0 Å². The number of rotatable bonds is 5. The number of piperidine rings is 1. The molecule has 1 amide bonds. The molecule has 0 unspecified atom stereocenters. The van der Waals surface area contributed by atoms with E-state index in [0.717, 1.165) is 48.8 Å². The van der Waals surface area contributed by atoms with Crippen molar-refractivity contribution in [1.29, 1.82) is 0 Å². The topological polar surface area (TPSA) is 59.3 Å². The smallest absolute Gasteiger partial charge is 0.329 e. The monoisotopic (exact) mass is 412 g/mol. The quantitative estimate of drug-likeness (QED) is 0.819. The van der Waals surface area contributed by atoms with E-state index in [1.54, 1.807) is 11.6 Å². The van der Waals surface area contributed by atoms with Crippen LogP contribution in [0, 0.1) is 11.8 Å². The molecule has 1 aliphatic carbocycles. The molecule has 0 spiro atoms. The summed E-state index contributed by atoms with van der Waals surface area (Å²) in [6, 6.07) is 8.78. The van der Waals surface area contributed by atoms with Crippen molar-refractivity contribution >= 4 is 16.9 Å². The van der Waals surface area contributed by atoms with Gasteiger partial charge in [-0.15, -0.1) is 0 Å². The fourth-order valence-corrected chi connectivity index (χ4v) is 5.60. The predicted octanol–water partition coefficient (Wildman–Crippen LogP) is 3.40. The van der Waals surface area contributed by atoms with Crippen molar-refractivity contribution in [3.8, 4) is 0 Å². The Morgan fingerprint density at radius 2 is 1.63 bits per heavy atom. The number of fused-ring (bicyclic) bond motifs is 1. The molecule has 2 aliphatic rings. The van der Waals surface area contributed by atoms with E-state index in [1.165, 1.54) is 25.7 Å². The van der Waals surface area contributed by atoms with Gasteiger partial charge >= 0.3 is 5.69 Å². The van der Waals surface area contributed by atoms with Gasteiger partial charge in [-0.2, -0.15) is 0 Å². The van der Waals surface area contributed by atoms with Crippen molar-refractivity contribution in [2.75, 3.05) is 20.1 Å². The maximum absolute atomic E-state index is 13.3. The second-order valence-corrected chi connectivity index (χ2v) is 9.48. The van der Waals surface area contributed by atoms with Gasteiger partial charge in [-0.1, -0.05) is 26.0 Å². The van der Waals surface area contributed by atoms with Gasteiger partial charge in [0.05, 0.1) is 11.0 Å². The van der Waals surface area contributed by atoms with Gasteiger partial charge in [-0.25, -0.2) is 4.79 Å². The number of para-hydroxylation sites is 2. The largest absolute Gasteiger partial charge is 0.358 e. The molecule has 1 aromatic heterocycles. The van der Waals surface area contributed by atoms with E-state index >= 15 is 0 Å². The van der Waals surface area contributed by atoms with Gasteiger partial charge in [-0.05, 0) is 62.5 Å². The van der Waals surface area contributed by atoms with Crippen molar-refractivity contribution in [3.63, 3.8) is 0 Å². The Balaban J connectivity index is 1.48. The number of imidazole rings is 1. The fraction of sp³-hybridized carbons (Fsp3) is 0.667. The highest BCUT2D eigenvalue weighted by atomic mass is 16.2. The van der Waals surface area contributed by atoms with Crippen LogP contribution in [-0.4, -0.2) is 46.1 Å². The number of hydrogen-bond acceptors (Lipinski definition) is 3. The van der Waals surface area contributed by atoms with E-state index in [2.05, 4.69) is 24.1 Å². The Labute approximate surface area is 179 Å². The first kappa shape index (κ1) is 21.2. The predicted molar refractivity (Wildman–Crippen MR) is 121 cm³/mol. The van der Waals surface area contributed by atoms with Gasteiger partial charge in [0, 0.05) is 32.2 Å². The zero-order chi connectivity index (χ0) is 21.3. The highest BCUT2D eigenvalue weighted by molar-refractivity contribution is 5.80. The minimum Gasteiger partial charge on any atom is -0.358 e. The molecule has 6 heteroatoms. The summed E-state index contributed by atoms with van der Waals surface area (Å²) in [6.07, 6.45) is 7.34. The van der Waals surface area contributed by atoms with Crippen molar-refractivity contribution < 1.29 is 4.79 Å². The Kier molecular flexibility index (Phi) is 6.32. The van der Waals surface area contributed by atoms with E-state index in [-0.39, 0.29) is 24.2 Å². The minimum atomic E-state index is -0.146. The summed E-state index contributed by atoms with van der Waals surface area (Å²) in [6.45, 7) is 6.90. The third-order valence-corrected chi connectivity index (χ3v) is 7.51. The number of nitrogens with one attached hydrogen (secondary N) is 1. The number of aromatic nitrogens is 2. The van der Waals surface area contributed by atoms with Gasteiger partial charge < -0.3 is 10.2 Å². The zero-order valence-electron chi connectivity index (χ0n) is 18.6. The normalized spacial score (nSPS) is 23.9. The van der Waals surface area contributed by atoms with E-state index in [4.69, 9.17) is 0 Å². The van der Waals surface area contributed by atoms with Gasteiger partial charge in [-0.3, -0.25) is 13.9 Å².